The summed E-state index contributed by atoms with van der Waals surface area (Å²) >= 11 is 3.59. The zero-order valence-corrected chi connectivity index (χ0v) is 16.2. The Morgan fingerprint density at radius 2 is 1.68 bits per heavy atom. The topological polar surface area (TPSA) is 27.7 Å². The Bertz CT molecular complexity index is 774. The summed E-state index contributed by atoms with van der Waals surface area (Å²) in [5.74, 6) is 2.02. The Morgan fingerprint density at radius 3 is 2.40 bits per heavy atom. The summed E-state index contributed by atoms with van der Waals surface area (Å²) in [6.07, 6.45) is 5.03. The summed E-state index contributed by atoms with van der Waals surface area (Å²) < 4.78 is 18.8. The Kier molecular flexibility index (Phi) is 4.74. The predicted molar refractivity (Wildman–Crippen MR) is 102 cm³/mol. The quantitative estimate of drug-likeness (QED) is 0.667. The number of methoxy groups -OCH3 is 2. The number of hydrogen-bond donors (Lipinski definition) is 0. The maximum atomic E-state index is 6.61. The van der Waals surface area contributed by atoms with Crippen LogP contribution in [0.3, 0.4) is 0 Å². The molecule has 132 valence electrons. The van der Waals surface area contributed by atoms with Gasteiger partial charge in [0.05, 0.1) is 20.3 Å². The van der Waals surface area contributed by atoms with Crippen LogP contribution in [0.1, 0.15) is 54.4 Å². The van der Waals surface area contributed by atoms with Gasteiger partial charge in [0.15, 0.2) is 11.5 Å². The molecule has 0 radical (unpaired) electrons. The number of fused-ring (bicyclic) bond motifs is 3. The zero-order chi connectivity index (χ0) is 17.4. The highest BCUT2D eigenvalue weighted by molar-refractivity contribution is 9.10. The van der Waals surface area contributed by atoms with Crippen LogP contribution in [0, 0.1) is 0 Å². The smallest absolute Gasteiger partial charge is 0.161 e. The van der Waals surface area contributed by atoms with Gasteiger partial charge >= 0.3 is 0 Å². The van der Waals surface area contributed by atoms with E-state index in [9.17, 15) is 0 Å². The van der Waals surface area contributed by atoms with Crippen molar-refractivity contribution in [2.24, 2.45) is 0 Å². The summed E-state index contributed by atoms with van der Waals surface area (Å²) in [4.78, 5) is 0. The van der Waals surface area contributed by atoms with Crippen molar-refractivity contribution >= 4 is 15.9 Å². The number of rotatable bonds is 3. The molecule has 1 aliphatic heterocycles. The SMILES string of the molecule is COc1cc2c(cc1OC)[C@H]1CCCC[C@H]1O[C@H]2c1cccc(Br)c1. The highest BCUT2D eigenvalue weighted by atomic mass is 79.9. The molecule has 4 rings (SSSR count). The predicted octanol–water partition coefficient (Wildman–Crippen LogP) is 5.61. The van der Waals surface area contributed by atoms with Crippen LogP contribution in [0.25, 0.3) is 0 Å². The molecule has 1 fully saturated rings. The van der Waals surface area contributed by atoms with Gasteiger partial charge < -0.3 is 14.2 Å². The molecule has 1 saturated carbocycles. The van der Waals surface area contributed by atoms with E-state index in [1.807, 2.05) is 6.07 Å². The van der Waals surface area contributed by atoms with E-state index in [1.165, 1.54) is 36.0 Å². The molecule has 0 unspecified atom stereocenters. The van der Waals surface area contributed by atoms with Crippen LogP contribution in [0.15, 0.2) is 40.9 Å². The summed E-state index contributed by atoms with van der Waals surface area (Å²) in [5, 5.41) is 0. The third-order valence-electron chi connectivity index (χ3n) is 5.44. The highest BCUT2D eigenvalue weighted by Crippen LogP contribution is 2.49. The maximum Gasteiger partial charge on any atom is 0.161 e. The molecule has 4 heteroatoms. The van der Waals surface area contributed by atoms with Crippen molar-refractivity contribution in [1.29, 1.82) is 0 Å². The molecular formula is C21H23BrO3. The lowest BCUT2D eigenvalue weighted by molar-refractivity contribution is -0.0391. The van der Waals surface area contributed by atoms with Crippen molar-refractivity contribution in [3.05, 3.63) is 57.6 Å². The molecule has 2 aromatic carbocycles. The lowest BCUT2D eigenvalue weighted by Crippen LogP contribution is -2.33. The molecule has 1 heterocycles. The Morgan fingerprint density at radius 1 is 0.960 bits per heavy atom. The molecule has 0 spiro atoms. The molecule has 2 aliphatic rings. The molecule has 25 heavy (non-hydrogen) atoms. The summed E-state index contributed by atoms with van der Waals surface area (Å²) in [6.45, 7) is 0. The minimum atomic E-state index is -0.0633. The average molecular weight is 403 g/mol. The van der Waals surface area contributed by atoms with Crippen molar-refractivity contribution in [2.45, 2.75) is 43.8 Å². The first-order valence-corrected chi connectivity index (χ1v) is 9.67. The molecule has 0 aromatic heterocycles. The second-order valence-corrected chi connectivity index (χ2v) is 7.75. The molecule has 2 aromatic rings. The Balaban J connectivity index is 1.87. The fourth-order valence-corrected chi connectivity index (χ4v) is 4.67. The lowest BCUT2D eigenvalue weighted by Gasteiger charge is -2.41. The molecule has 0 bridgehead atoms. The van der Waals surface area contributed by atoms with Crippen molar-refractivity contribution in [3.8, 4) is 11.5 Å². The van der Waals surface area contributed by atoms with Crippen molar-refractivity contribution in [1.82, 2.24) is 0 Å². The van der Waals surface area contributed by atoms with Crippen LogP contribution in [-0.4, -0.2) is 20.3 Å². The normalized spacial score (nSPS) is 25.0. The minimum absolute atomic E-state index is 0.0633. The van der Waals surface area contributed by atoms with E-state index in [4.69, 9.17) is 14.2 Å². The van der Waals surface area contributed by atoms with Gasteiger partial charge in [-0.15, -0.1) is 0 Å². The second kappa shape index (κ2) is 7.00. The van der Waals surface area contributed by atoms with Crippen molar-refractivity contribution in [3.63, 3.8) is 0 Å². The van der Waals surface area contributed by atoms with Crippen LogP contribution in [-0.2, 0) is 4.74 Å². The Labute approximate surface area is 157 Å². The molecule has 1 aliphatic carbocycles. The van der Waals surface area contributed by atoms with Crippen molar-refractivity contribution < 1.29 is 14.2 Å². The van der Waals surface area contributed by atoms with Gasteiger partial charge in [-0.05, 0) is 53.8 Å². The summed E-state index contributed by atoms with van der Waals surface area (Å²) in [6, 6.07) is 12.7. The first-order chi connectivity index (χ1) is 12.2. The van der Waals surface area contributed by atoms with Crippen molar-refractivity contribution in [2.75, 3.05) is 14.2 Å². The molecular weight excluding hydrogens is 380 g/mol. The first kappa shape index (κ1) is 16.9. The van der Waals surface area contributed by atoms with Gasteiger partial charge in [0.25, 0.3) is 0 Å². The highest BCUT2D eigenvalue weighted by Gasteiger charge is 2.38. The van der Waals surface area contributed by atoms with Gasteiger partial charge in [-0.25, -0.2) is 0 Å². The Hall–Kier alpha value is -1.52. The van der Waals surface area contributed by atoms with Gasteiger partial charge in [-0.3, -0.25) is 0 Å². The van der Waals surface area contributed by atoms with E-state index < -0.39 is 0 Å². The third kappa shape index (κ3) is 3.06. The second-order valence-electron chi connectivity index (χ2n) is 6.84. The van der Waals surface area contributed by atoms with Gasteiger partial charge in [-0.1, -0.05) is 40.9 Å². The molecule has 3 atom stereocenters. The van der Waals surface area contributed by atoms with E-state index in [2.05, 4.69) is 46.3 Å². The number of ether oxygens (including phenoxy) is 3. The van der Waals surface area contributed by atoms with Crippen LogP contribution < -0.4 is 9.47 Å². The van der Waals surface area contributed by atoms with Crippen LogP contribution >= 0.6 is 15.9 Å². The van der Waals surface area contributed by atoms with Gasteiger partial charge in [0.1, 0.15) is 6.10 Å². The first-order valence-electron chi connectivity index (χ1n) is 8.88. The summed E-state index contributed by atoms with van der Waals surface area (Å²) in [7, 11) is 3.39. The average Bonchev–Trinajstić information content (AvgIpc) is 2.66. The summed E-state index contributed by atoms with van der Waals surface area (Å²) in [5.41, 5.74) is 3.74. The fourth-order valence-electron chi connectivity index (χ4n) is 4.25. The van der Waals surface area contributed by atoms with Gasteiger partial charge in [-0.2, -0.15) is 0 Å². The van der Waals surface area contributed by atoms with E-state index in [0.29, 0.717) is 5.92 Å². The van der Waals surface area contributed by atoms with Gasteiger partial charge in [0.2, 0.25) is 0 Å². The molecule has 3 nitrogen and oxygen atoms in total. The van der Waals surface area contributed by atoms with Crippen LogP contribution in [0.4, 0.5) is 0 Å². The van der Waals surface area contributed by atoms with E-state index >= 15 is 0 Å². The lowest BCUT2D eigenvalue weighted by atomic mass is 9.76. The standard InChI is InChI=1S/C21H23BrO3/c1-23-19-11-16-15-8-3-4-9-18(15)25-21(17(16)12-20(19)24-2)13-6-5-7-14(22)10-13/h5-7,10-12,15,18,21H,3-4,8-9H2,1-2H3/t15-,18-,21+/m1/s1. The number of benzene rings is 2. The van der Waals surface area contributed by atoms with E-state index in [-0.39, 0.29) is 12.2 Å². The van der Waals surface area contributed by atoms with Crippen LogP contribution in [0.2, 0.25) is 0 Å². The zero-order valence-electron chi connectivity index (χ0n) is 14.6. The fraction of sp³-hybridized carbons (Fsp3) is 0.429. The number of hydrogen-bond acceptors (Lipinski definition) is 3. The van der Waals surface area contributed by atoms with Gasteiger partial charge in [0, 0.05) is 10.4 Å². The van der Waals surface area contributed by atoms with Crippen LogP contribution in [0.5, 0.6) is 11.5 Å². The third-order valence-corrected chi connectivity index (χ3v) is 5.93. The molecule has 0 N–H and O–H groups in total. The van der Waals surface area contributed by atoms with E-state index in [0.717, 1.165) is 22.4 Å². The maximum absolute atomic E-state index is 6.61. The molecule has 0 saturated heterocycles. The minimum Gasteiger partial charge on any atom is -0.493 e. The number of halogens is 1. The molecule has 0 amide bonds. The monoisotopic (exact) mass is 402 g/mol. The largest absolute Gasteiger partial charge is 0.493 e. The van der Waals surface area contributed by atoms with E-state index in [1.54, 1.807) is 14.2 Å².